The number of nitrogens with one attached hydrogen (secondary N) is 2. The lowest BCUT2D eigenvalue weighted by Crippen LogP contribution is -2.42. The maximum Gasteiger partial charge on any atom is 0.321 e. The molecule has 0 saturated carbocycles. The van der Waals surface area contributed by atoms with Crippen LogP contribution in [0.5, 0.6) is 5.75 Å². The molecule has 0 bridgehead atoms. The van der Waals surface area contributed by atoms with Gasteiger partial charge in [0.1, 0.15) is 25.0 Å². The van der Waals surface area contributed by atoms with Gasteiger partial charge in [-0.05, 0) is 41.8 Å². The van der Waals surface area contributed by atoms with Crippen LogP contribution in [0.25, 0.3) is 0 Å². The van der Waals surface area contributed by atoms with Crippen LogP contribution in [0.1, 0.15) is 30.9 Å². The van der Waals surface area contributed by atoms with Gasteiger partial charge in [-0.25, -0.2) is 13.4 Å². The number of carboxylic acid groups (broad SMARTS) is 1. The van der Waals surface area contributed by atoms with Crippen molar-refractivity contribution < 1.29 is 32.6 Å². The molecule has 3 unspecified atom stereocenters. The molecule has 42 heavy (non-hydrogen) atoms. The number of hydrogen-bond acceptors (Lipinski definition) is 8. The minimum atomic E-state index is -4.06. The first-order valence-corrected chi connectivity index (χ1v) is 15.0. The second-order valence-electron chi connectivity index (χ2n) is 9.89. The van der Waals surface area contributed by atoms with E-state index in [0.29, 0.717) is 13.0 Å². The SMILES string of the molecule is CCC(C(=N)C(=O)Cc1ccc(COc2ccccc2)cc1)C1=NC(CC(NS(=O)(=O)c2ccccc2)C(=O)O)CO1. The summed E-state index contributed by atoms with van der Waals surface area (Å²) in [4.78, 5) is 29.2. The van der Waals surface area contributed by atoms with Gasteiger partial charge in [-0.1, -0.05) is 67.6 Å². The maximum atomic E-state index is 13.0. The lowest BCUT2D eigenvalue weighted by molar-refractivity contribution is -0.139. The van der Waals surface area contributed by atoms with Crippen molar-refractivity contribution in [2.45, 2.75) is 49.8 Å². The predicted molar refractivity (Wildman–Crippen MR) is 157 cm³/mol. The van der Waals surface area contributed by atoms with Crippen molar-refractivity contribution in [1.82, 2.24) is 4.72 Å². The number of sulfonamides is 1. The van der Waals surface area contributed by atoms with Crippen LogP contribution in [0.15, 0.2) is 94.8 Å². The molecule has 4 rings (SSSR count). The average molecular weight is 592 g/mol. The normalized spacial score (nSPS) is 16.1. The first-order chi connectivity index (χ1) is 20.2. The quantitative estimate of drug-likeness (QED) is 0.225. The second-order valence-corrected chi connectivity index (χ2v) is 11.6. The monoisotopic (exact) mass is 591 g/mol. The zero-order valence-corrected chi connectivity index (χ0v) is 23.9. The molecule has 3 atom stereocenters. The largest absolute Gasteiger partial charge is 0.489 e. The van der Waals surface area contributed by atoms with E-state index in [0.717, 1.165) is 16.9 Å². The number of Topliss-reactive ketones (excluding diaryl/α,β-unsaturated/α-hetero) is 1. The van der Waals surface area contributed by atoms with E-state index < -0.39 is 34.0 Å². The minimum Gasteiger partial charge on any atom is -0.489 e. The number of aliphatic imine (C=N–C) groups is 1. The number of carbonyl (C=O) groups is 2. The van der Waals surface area contributed by atoms with Crippen LogP contribution in [-0.4, -0.2) is 55.6 Å². The fraction of sp³-hybridized carbons (Fsp3) is 0.290. The Kier molecular flexibility index (Phi) is 10.2. The van der Waals surface area contributed by atoms with Gasteiger partial charge in [0, 0.05) is 12.8 Å². The molecular weight excluding hydrogens is 558 g/mol. The number of ketones is 1. The summed E-state index contributed by atoms with van der Waals surface area (Å²) in [5, 5.41) is 18.2. The third-order valence-electron chi connectivity index (χ3n) is 6.78. The van der Waals surface area contributed by atoms with E-state index in [1.54, 1.807) is 25.1 Å². The summed E-state index contributed by atoms with van der Waals surface area (Å²) >= 11 is 0. The number of hydrogen-bond donors (Lipinski definition) is 3. The number of benzene rings is 3. The van der Waals surface area contributed by atoms with E-state index in [9.17, 15) is 23.1 Å². The topological polar surface area (TPSA) is 155 Å². The molecule has 0 radical (unpaired) electrons. The standard InChI is InChI=1S/C31H33N3O7S/c1-2-26(29(32)28(35)17-21-13-15-22(16-14-21)19-40-24-9-5-3-6-10-24)30-33-23(20-41-30)18-27(31(36)37)34-42(38,39)25-11-7-4-8-12-25/h3-16,23,26-27,32,34H,2,17-20H2,1H3,(H,36,37). The highest BCUT2D eigenvalue weighted by molar-refractivity contribution is 7.89. The van der Waals surface area contributed by atoms with Crippen LogP contribution >= 0.6 is 0 Å². The van der Waals surface area contributed by atoms with E-state index in [4.69, 9.17) is 14.9 Å². The Morgan fingerprint density at radius 2 is 1.64 bits per heavy atom. The van der Waals surface area contributed by atoms with Gasteiger partial charge in [0.25, 0.3) is 0 Å². The molecule has 10 nitrogen and oxygen atoms in total. The van der Waals surface area contributed by atoms with Gasteiger partial charge in [0.05, 0.1) is 22.6 Å². The average Bonchev–Trinajstić information content (AvgIpc) is 3.45. The van der Waals surface area contributed by atoms with Gasteiger partial charge in [-0.15, -0.1) is 0 Å². The molecule has 0 aliphatic carbocycles. The minimum absolute atomic E-state index is 0.0245. The van der Waals surface area contributed by atoms with Crippen LogP contribution in [0, 0.1) is 11.3 Å². The molecule has 3 aromatic rings. The summed E-state index contributed by atoms with van der Waals surface area (Å²) in [6.45, 7) is 2.22. The maximum absolute atomic E-state index is 13.0. The lowest BCUT2D eigenvalue weighted by Gasteiger charge is -2.16. The van der Waals surface area contributed by atoms with Gasteiger partial charge < -0.3 is 20.0 Å². The molecule has 0 spiro atoms. The number of para-hydroxylation sites is 1. The molecule has 1 aliphatic heterocycles. The highest BCUT2D eigenvalue weighted by Gasteiger charge is 2.34. The molecular formula is C31H33N3O7S. The van der Waals surface area contributed by atoms with Crippen molar-refractivity contribution in [3.05, 3.63) is 96.1 Å². The van der Waals surface area contributed by atoms with Gasteiger partial charge >= 0.3 is 5.97 Å². The van der Waals surface area contributed by atoms with Crippen molar-refractivity contribution in [2.24, 2.45) is 10.9 Å². The first kappa shape index (κ1) is 30.6. The van der Waals surface area contributed by atoms with E-state index in [2.05, 4.69) is 9.71 Å². The third kappa shape index (κ3) is 8.11. The predicted octanol–water partition coefficient (Wildman–Crippen LogP) is 4.04. The summed E-state index contributed by atoms with van der Waals surface area (Å²) in [7, 11) is -4.06. The Labute approximate surface area is 245 Å². The Morgan fingerprint density at radius 3 is 2.26 bits per heavy atom. The Balaban J connectivity index is 1.34. The van der Waals surface area contributed by atoms with Gasteiger partial charge in [0.2, 0.25) is 10.0 Å². The molecule has 1 aliphatic rings. The van der Waals surface area contributed by atoms with E-state index in [1.165, 1.54) is 12.1 Å². The third-order valence-corrected chi connectivity index (χ3v) is 8.27. The zero-order valence-electron chi connectivity index (χ0n) is 23.1. The number of nitrogens with zero attached hydrogens (tertiary/aromatic N) is 1. The molecule has 0 amide bonds. The summed E-state index contributed by atoms with van der Waals surface area (Å²) in [6.07, 6.45) is 0.270. The van der Waals surface area contributed by atoms with Crippen molar-refractivity contribution in [2.75, 3.05) is 6.61 Å². The highest BCUT2D eigenvalue weighted by atomic mass is 32.2. The second kappa shape index (κ2) is 14.0. The Bertz CT molecular complexity index is 1530. The van der Waals surface area contributed by atoms with Gasteiger partial charge in [0.15, 0.2) is 11.7 Å². The molecule has 0 aromatic heterocycles. The molecule has 0 saturated heterocycles. The van der Waals surface area contributed by atoms with E-state index in [-0.39, 0.29) is 41.7 Å². The first-order valence-electron chi connectivity index (χ1n) is 13.5. The van der Waals surface area contributed by atoms with Crippen molar-refractivity contribution in [3.8, 4) is 5.75 Å². The summed E-state index contributed by atoms with van der Waals surface area (Å²) < 4.78 is 39.0. The van der Waals surface area contributed by atoms with Gasteiger partial charge in [-0.2, -0.15) is 4.72 Å². The van der Waals surface area contributed by atoms with Crippen LogP contribution in [0.3, 0.4) is 0 Å². The fourth-order valence-electron chi connectivity index (χ4n) is 4.49. The fourth-order valence-corrected chi connectivity index (χ4v) is 5.71. The van der Waals surface area contributed by atoms with Crippen molar-refractivity contribution in [3.63, 3.8) is 0 Å². The molecule has 220 valence electrons. The molecule has 1 heterocycles. The van der Waals surface area contributed by atoms with Crippen molar-refractivity contribution >= 4 is 33.4 Å². The summed E-state index contributed by atoms with van der Waals surface area (Å²) in [5.74, 6) is -1.45. The summed E-state index contributed by atoms with van der Waals surface area (Å²) in [6, 6.07) is 22.3. The number of aliphatic carboxylic acids is 1. The Hall–Kier alpha value is -4.35. The summed E-state index contributed by atoms with van der Waals surface area (Å²) in [5.41, 5.74) is 1.56. The number of ether oxygens (including phenoxy) is 2. The highest BCUT2D eigenvalue weighted by Crippen LogP contribution is 2.21. The molecule has 0 fully saturated rings. The van der Waals surface area contributed by atoms with Crippen LogP contribution < -0.4 is 9.46 Å². The number of carboxylic acids is 1. The van der Waals surface area contributed by atoms with Crippen LogP contribution in [0.2, 0.25) is 0 Å². The lowest BCUT2D eigenvalue weighted by atomic mass is 9.93. The van der Waals surface area contributed by atoms with Crippen LogP contribution in [0.4, 0.5) is 0 Å². The smallest absolute Gasteiger partial charge is 0.321 e. The molecule has 3 aromatic carbocycles. The van der Waals surface area contributed by atoms with Crippen LogP contribution in [-0.2, 0) is 37.4 Å². The Morgan fingerprint density at radius 1 is 1.02 bits per heavy atom. The van der Waals surface area contributed by atoms with Gasteiger partial charge in [-0.3, -0.25) is 9.59 Å². The zero-order chi connectivity index (χ0) is 30.1. The molecule has 3 N–H and O–H groups in total. The van der Waals surface area contributed by atoms with E-state index >= 15 is 0 Å². The number of rotatable bonds is 15. The number of carbonyl (C=O) groups excluding carboxylic acids is 1. The van der Waals surface area contributed by atoms with E-state index in [1.807, 2.05) is 54.6 Å². The molecule has 11 heteroatoms. The van der Waals surface area contributed by atoms with Crippen molar-refractivity contribution in [1.29, 1.82) is 5.41 Å².